The first kappa shape index (κ1) is 19.4. The molecule has 1 aromatic heterocycles. The SMILES string of the molecule is CSCCn1c(=NC(=O)/C=C/c2ccccc2Cl)sc2cc(Br)ccc21. The summed E-state index contributed by atoms with van der Waals surface area (Å²) in [5.41, 5.74) is 1.89. The molecular weight excluding hydrogens is 452 g/mol. The maximum absolute atomic E-state index is 12.3. The Labute approximate surface area is 173 Å². The summed E-state index contributed by atoms with van der Waals surface area (Å²) in [5.74, 6) is 0.659. The van der Waals surface area contributed by atoms with Gasteiger partial charge in [-0.15, -0.1) is 0 Å². The van der Waals surface area contributed by atoms with Crippen LogP contribution in [0.3, 0.4) is 0 Å². The van der Waals surface area contributed by atoms with E-state index >= 15 is 0 Å². The fourth-order valence-corrected chi connectivity index (χ4v) is 4.61. The summed E-state index contributed by atoms with van der Waals surface area (Å²) >= 11 is 12.9. The van der Waals surface area contributed by atoms with Crippen LogP contribution in [0.4, 0.5) is 0 Å². The first-order valence-electron chi connectivity index (χ1n) is 7.87. The van der Waals surface area contributed by atoms with Gasteiger partial charge in [-0.25, -0.2) is 0 Å². The molecule has 0 saturated heterocycles. The Morgan fingerprint density at radius 2 is 2.15 bits per heavy atom. The number of carbonyl (C=O) groups is 1. The smallest absolute Gasteiger partial charge is 0.272 e. The van der Waals surface area contributed by atoms with Crippen LogP contribution in [0, 0.1) is 0 Å². The molecule has 1 heterocycles. The van der Waals surface area contributed by atoms with E-state index in [4.69, 9.17) is 11.6 Å². The third-order valence-corrected chi connectivity index (χ3v) is 6.15. The van der Waals surface area contributed by atoms with Crippen molar-refractivity contribution in [2.75, 3.05) is 12.0 Å². The van der Waals surface area contributed by atoms with Gasteiger partial charge in [0.2, 0.25) is 0 Å². The third kappa shape index (κ3) is 4.68. The van der Waals surface area contributed by atoms with Crippen molar-refractivity contribution in [1.82, 2.24) is 4.57 Å². The molecule has 3 rings (SSSR count). The number of halogens is 2. The zero-order valence-electron chi connectivity index (χ0n) is 14.0. The van der Waals surface area contributed by atoms with Gasteiger partial charge in [0.1, 0.15) is 0 Å². The molecule has 0 aliphatic carbocycles. The summed E-state index contributed by atoms with van der Waals surface area (Å²) in [6, 6.07) is 13.5. The summed E-state index contributed by atoms with van der Waals surface area (Å²) < 4.78 is 4.21. The quantitative estimate of drug-likeness (QED) is 0.456. The highest BCUT2D eigenvalue weighted by Gasteiger charge is 2.07. The van der Waals surface area contributed by atoms with E-state index in [2.05, 4.69) is 43.9 Å². The number of amides is 1. The lowest BCUT2D eigenvalue weighted by Gasteiger charge is -2.03. The molecule has 0 unspecified atom stereocenters. The van der Waals surface area contributed by atoms with Gasteiger partial charge < -0.3 is 4.57 Å². The Hall–Kier alpha value is -1.34. The molecule has 1 amide bonds. The zero-order chi connectivity index (χ0) is 18.5. The van der Waals surface area contributed by atoms with Gasteiger partial charge in [0.25, 0.3) is 5.91 Å². The fourth-order valence-electron chi connectivity index (χ4n) is 2.43. The molecule has 0 saturated carbocycles. The lowest BCUT2D eigenvalue weighted by Crippen LogP contribution is -2.17. The fraction of sp³-hybridized carbons (Fsp3) is 0.158. The van der Waals surface area contributed by atoms with Gasteiger partial charge >= 0.3 is 0 Å². The zero-order valence-corrected chi connectivity index (χ0v) is 18.0. The summed E-state index contributed by atoms with van der Waals surface area (Å²) in [6.45, 7) is 0.809. The highest BCUT2D eigenvalue weighted by Crippen LogP contribution is 2.22. The Morgan fingerprint density at radius 3 is 2.92 bits per heavy atom. The monoisotopic (exact) mass is 466 g/mol. The minimum Gasteiger partial charge on any atom is -0.316 e. The van der Waals surface area contributed by atoms with Crippen LogP contribution in [0.1, 0.15) is 5.56 Å². The summed E-state index contributed by atoms with van der Waals surface area (Å²) in [7, 11) is 0. The van der Waals surface area contributed by atoms with Crippen LogP contribution in [-0.2, 0) is 11.3 Å². The molecule has 0 aliphatic rings. The first-order valence-corrected chi connectivity index (χ1v) is 11.3. The minimum atomic E-state index is -0.298. The second kappa shape index (κ2) is 9.04. The van der Waals surface area contributed by atoms with Crippen LogP contribution in [0.15, 0.2) is 58.0 Å². The molecule has 0 spiro atoms. The van der Waals surface area contributed by atoms with Crippen LogP contribution >= 0.6 is 50.6 Å². The number of carbonyl (C=O) groups excluding carboxylic acids is 1. The molecule has 0 N–H and O–H groups in total. The Balaban J connectivity index is 1.97. The highest BCUT2D eigenvalue weighted by atomic mass is 79.9. The molecule has 134 valence electrons. The molecule has 0 fully saturated rings. The molecule has 0 radical (unpaired) electrons. The standard InChI is InChI=1S/C19H16BrClN2OS2/c1-25-11-10-23-16-8-7-14(20)12-17(16)26-19(23)22-18(24)9-6-13-4-2-3-5-15(13)21/h2-9,12H,10-11H2,1H3/b9-6+,22-19?. The van der Waals surface area contributed by atoms with Crippen molar-refractivity contribution in [2.24, 2.45) is 4.99 Å². The summed E-state index contributed by atoms with van der Waals surface area (Å²) in [6.07, 6.45) is 5.23. The van der Waals surface area contributed by atoms with E-state index in [-0.39, 0.29) is 5.91 Å². The van der Waals surface area contributed by atoms with Crippen LogP contribution in [0.5, 0.6) is 0 Å². The number of thiazole rings is 1. The van der Waals surface area contributed by atoms with E-state index in [1.165, 1.54) is 17.4 Å². The molecule has 3 aromatic rings. The normalized spacial score (nSPS) is 12.3. The van der Waals surface area contributed by atoms with Crippen LogP contribution in [-0.4, -0.2) is 22.5 Å². The molecule has 26 heavy (non-hydrogen) atoms. The summed E-state index contributed by atoms with van der Waals surface area (Å²) in [4.78, 5) is 17.4. The van der Waals surface area contributed by atoms with Crippen molar-refractivity contribution < 1.29 is 4.79 Å². The second-order valence-corrected chi connectivity index (χ2v) is 8.76. The average Bonchev–Trinajstić information content (AvgIpc) is 2.95. The van der Waals surface area contributed by atoms with Crippen molar-refractivity contribution in [3.63, 3.8) is 0 Å². The lowest BCUT2D eigenvalue weighted by molar-refractivity contribution is -0.113. The van der Waals surface area contributed by atoms with Crippen molar-refractivity contribution in [3.05, 3.63) is 68.4 Å². The number of nitrogens with zero attached hydrogens (tertiary/aromatic N) is 2. The molecule has 0 bridgehead atoms. The summed E-state index contributed by atoms with van der Waals surface area (Å²) in [5, 5.41) is 0.610. The number of fused-ring (bicyclic) bond motifs is 1. The number of aryl methyl sites for hydroxylation is 1. The van der Waals surface area contributed by atoms with Crippen molar-refractivity contribution in [1.29, 1.82) is 0 Å². The molecule has 7 heteroatoms. The van der Waals surface area contributed by atoms with Gasteiger partial charge in [-0.1, -0.05) is 57.1 Å². The molecule has 0 aliphatic heterocycles. The average molecular weight is 468 g/mol. The maximum Gasteiger partial charge on any atom is 0.272 e. The molecule has 0 atom stereocenters. The highest BCUT2D eigenvalue weighted by molar-refractivity contribution is 9.10. The molecule has 2 aromatic carbocycles. The van der Waals surface area contributed by atoms with Crippen molar-refractivity contribution in [2.45, 2.75) is 6.54 Å². The lowest BCUT2D eigenvalue weighted by atomic mass is 10.2. The van der Waals surface area contributed by atoms with Crippen molar-refractivity contribution >= 4 is 72.8 Å². The molecular formula is C19H16BrClN2OS2. The van der Waals surface area contributed by atoms with Crippen molar-refractivity contribution in [3.8, 4) is 0 Å². The third-order valence-electron chi connectivity index (χ3n) is 3.68. The van der Waals surface area contributed by atoms with E-state index in [1.807, 2.05) is 24.3 Å². The number of hydrogen-bond donors (Lipinski definition) is 0. The minimum absolute atomic E-state index is 0.298. The number of aromatic nitrogens is 1. The van der Waals surface area contributed by atoms with Gasteiger partial charge in [-0.3, -0.25) is 4.79 Å². The van der Waals surface area contributed by atoms with Gasteiger partial charge in [0, 0.05) is 27.9 Å². The van der Waals surface area contributed by atoms with E-state index < -0.39 is 0 Å². The number of benzene rings is 2. The van der Waals surface area contributed by atoms with Crippen LogP contribution in [0.25, 0.3) is 16.3 Å². The number of hydrogen-bond acceptors (Lipinski definition) is 3. The maximum atomic E-state index is 12.3. The molecule has 3 nitrogen and oxygen atoms in total. The van der Waals surface area contributed by atoms with Crippen LogP contribution < -0.4 is 4.80 Å². The Kier molecular flexibility index (Phi) is 6.75. The van der Waals surface area contributed by atoms with Gasteiger partial charge in [-0.05, 0) is 42.2 Å². The van der Waals surface area contributed by atoms with Gasteiger partial charge in [0.15, 0.2) is 4.80 Å². The van der Waals surface area contributed by atoms with E-state index in [0.717, 1.165) is 32.6 Å². The number of thioether (sulfide) groups is 1. The van der Waals surface area contributed by atoms with E-state index in [1.54, 1.807) is 23.9 Å². The van der Waals surface area contributed by atoms with Crippen LogP contribution in [0.2, 0.25) is 5.02 Å². The predicted octanol–water partition coefficient (Wildman–Crippen LogP) is 5.62. The Morgan fingerprint density at radius 1 is 1.35 bits per heavy atom. The Bertz CT molecular complexity index is 1040. The number of rotatable bonds is 5. The first-order chi connectivity index (χ1) is 12.6. The van der Waals surface area contributed by atoms with Gasteiger partial charge in [0.05, 0.1) is 10.2 Å². The van der Waals surface area contributed by atoms with E-state index in [0.29, 0.717) is 9.82 Å². The van der Waals surface area contributed by atoms with Gasteiger partial charge in [-0.2, -0.15) is 16.8 Å². The van der Waals surface area contributed by atoms with E-state index in [9.17, 15) is 4.79 Å². The topological polar surface area (TPSA) is 34.4 Å². The second-order valence-electron chi connectivity index (χ2n) is 5.45. The predicted molar refractivity (Wildman–Crippen MR) is 117 cm³/mol. The largest absolute Gasteiger partial charge is 0.316 e.